The van der Waals surface area contributed by atoms with Gasteiger partial charge in [0, 0.05) is 0 Å². The van der Waals surface area contributed by atoms with E-state index < -0.39 is 69.0 Å². The first kappa shape index (κ1) is 21.3. The minimum Gasteiger partial charge on any atom is -0.204 e. The zero-order chi connectivity index (χ0) is 21.0. The van der Waals surface area contributed by atoms with Crippen LogP contribution >= 0.6 is 0 Å². The number of hydrogen-bond acceptors (Lipinski definition) is 3. The number of hydrogen-bond donors (Lipinski definition) is 0. The Morgan fingerprint density at radius 3 is 0.778 bits per heavy atom. The van der Waals surface area contributed by atoms with E-state index in [2.05, 4.69) is 0 Å². The Hall–Kier alpha value is -3.72. The molecule has 0 unspecified atom stereocenters. The predicted molar refractivity (Wildman–Crippen MR) is 66.7 cm³/mol. The summed E-state index contributed by atoms with van der Waals surface area (Å²) >= 11 is 0. The number of nitriles is 3. The Morgan fingerprint density at radius 2 is 0.519 bits per heavy atom. The molecule has 0 atom stereocenters. The Balaban J connectivity index is 0.000000271. The maximum Gasteiger partial charge on any atom is 0.200 e. The normalized spacial score (nSPS) is 9.56. The van der Waals surface area contributed by atoms with E-state index in [1.165, 1.54) is 0 Å². The van der Waals surface area contributed by atoms with Crippen LogP contribution in [-0.4, -0.2) is 0 Å². The second kappa shape index (κ2) is 8.11. The van der Waals surface area contributed by atoms with E-state index in [4.69, 9.17) is 15.8 Å². The van der Waals surface area contributed by atoms with E-state index in [9.17, 15) is 39.5 Å². The molecule has 2 aromatic carbocycles. The largest absolute Gasteiger partial charge is 0.204 e. The van der Waals surface area contributed by atoms with Crippen LogP contribution in [0.15, 0.2) is 0 Å². The average molecular weight is 393 g/mol. The van der Waals surface area contributed by atoms with Gasteiger partial charge in [0.25, 0.3) is 0 Å². The van der Waals surface area contributed by atoms with Crippen LogP contribution in [0.1, 0.15) is 16.7 Å². The molecule has 0 fully saturated rings. The molecule has 0 N–H and O–H groups in total. The third kappa shape index (κ3) is 3.62. The van der Waals surface area contributed by atoms with Gasteiger partial charge < -0.3 is 0 Å². The van der Waals surface area contributed by atoms with Crippen LogP contribution in [0.25, 0.3) is 0 Å². The first-order valence-electron chi connectivity index (χ1n) is 6.12. The third-order valence-corrected chi connectivity index (χ3v) is 2.81. The summed E-state index contributed by atoms with van der Waals surface area (Å²) in [5.74, 6) is -18.3. The maximum absolute atomic E-state index is 12.9. The van der Waals surface area contributed by atoms with E-state index in [1.54, 1.807) is 0 Å². The van der Waals surface area contributed by atoms with Gasteiger partial charge in [-0.1, -0.05) is 0 Å². The molecule has 0 aliphatic heterocycles. The van der Waals surface area contributed by atoms with E-state index in [1.807, 2.05) is 0 Å². The number of halogens is 9. The van der Waals surface area contributed by atoms with Crippen molar-refractivity contribution in [3.63, 3.8) is 0 Å². The molecule has 2 rings (SSSR count). The fraction of sp³-hybridized carbons (Fsp3) is 0. The zero-order valence-electron chi connectivity index (χ0n) is 12.2. The van der Waals surface area contributed by atoms with Gasteiger partial charge in [0.2, 0.25) is 5.82 Å². The SMILES string of the molecule is N#Cc1c(F)c(F)c(F)c(C#N)c1F.N#Cc1c(F)c(F)c(F)c(F)c1F. The molecule has 0 saturated heterocycles. The molecule has 3 nitrogen and oxygen atoms in total. The lowest BCUT2D eigenvalue weighted by atomic mass is 10.1. The molecule has 0 saturated carbocycles. The molecule has 0 amide bonds. The zero-order valence-corrected chi connectivity index (χ0v) is 12.2. The minimum absolute atomic E-state index is 0.876. The van der Waals surface area contributed by atoms with E-state index in [0.717, 1.165) is 18.2 Å². The Morgan fingerprint density at radius 1 is 0.333 bits per heavy atom. The van der Waals surface area contributed by atoms with Crippen molar-refractivity contribution in [2.24, 2.45) is 0 Å². The molecule has 27 heavy (non-hydrogen) atoms. The van der Waals surface area contributed by atoms with Crippen LogP contribution in [0.3, 0.4) is 0 Å². The molecule has 2 aromatic rings. The molecule has 0 aromatic heterocycles. The summed E-state index contributed by atoms with van der Waals surface area (Å²) in [7, 11) is 0. The van der Waals surface area contributed by atoms with Crippen LogP contribution in [0.5, 0.6) is 0 Å². The Bertz CT molecular complexity index is 989. The first-order chi connectivity index (χ1) is 12.5. The summed E-state index contributed by atoms with van der Waals surface area (Å²) in [4.78, 5) is 0. The van der Waals surface area contributed by atoms with Gasteiger partial charge in [-0.3, -0.25) is 0 Å². The highest BCUT2D eigenvalue weighted by Gasteiger charge is 2.26. The predicted octanol–water partition coefficient (Wildman–Crippen LogP) is 4.24. The lowest BCUT2D eigenvalue weighted by Gasteiger charge is -2.01. The Kier molecular flexibility index (Phi) is 6.40. The van der Waals surface area contributed by atoms with Gasteiger partial charge in [0.1, 0.15) is 34.9 Å². The summed E-state index contributed by atoms with van der Waals surface area (Å²) in [6.07, 6.45) is 0. The van der Waals surface area contributed by atoms with Crippen molar-refractivity contribution >= 4 is 0 Å². The van der Waals surface area contributed by atoms with Gasteiger partial charge in [0.15, 0.2) is 46.5 Å². The van der Waals surface area contributed by atoms with Crippen molar-refractivity contribution in [1.82, 2.24) is 0 Å². The topological polar surface area (TPSA) is 71.4 Å². The molecular weight excluding hydrogens is 393 g/mol. The number of rotatable bonds is 0. The molecule has 0 heterocycles. The van der Waals surface area contributed by atoms with Crippen molar-refractivity contribution in [1.29, 1.82) is 15.8 Å². The molecule has 0 radical (unpaired) electrons. The van der Waals surface area contributed by atoms with Crippen molar-refractivity contribution in [2.75, 3.05) is 0 Å². The van der Waals surface area contributed by atoms with Crippen LogP contribution < -0.4 is 0 Å². The van der Waals surface area contributed by atoms with Gasteiger partial charge >= 0.3 is 0 Å². The van der Waals surface area contributed by atoms with Gasteiger partial charge in [-0.2, -0.15) is 15.8 Å². The summed E-state index contributed by atoms with van der Waals surface area (Å²) < 4.78 is 113. The van der Waals surface area contributed by atoms with E-state index >= 15 is 0 Å². The average Bonchev–Trinajstić information content (AvgIpc) is 2.65. The molecule has 0 spiro atoms. The third-order valence-electron chi connectivity index (χ3n) is 2.81. The number of nitrogens with zero attached hydrogens (tertiary/aromatic N) is 3. The van der Waals surface area contributed by atoms with Crippen LogP contribution in [0.4, 0.5) is 39.5 Å². The van der Waals surface area contributed by atoms with Gasteiger partial charge in [-0.15, -0.1) is 0 Å². The highest BCUT2D eigenvalue weighted by atomic mass is 19.2. The standard InChI is InChI=1S/C8F4N2.C7F5N/c9-5-3(1-13)6(10)8(12)7(11)4(5)2-14;8-3-2(1-13)4(9)6(11)7(12)5(3)10. The van der Waals surface area contributed by atoms with Gasteiger partial charge in [-0.05, 0) is 0 Å². The number of benzene rings is 2. The molecule has 12 heteroatoms. The molecular formula is C15F9N3. The Labute approximate surface area is 143 Å². The molecule has 0 bridgehead atoms. The fourth-order valence-electron chi connectivity index (χ4n) is 1.53. The highest BCUT2D eigenvalue weighted by Crippen LogP contribution is 2.23. The van der Waals surface area contributed by atoms with Crippen molar-refractivity contribution in [3.8, 4) is 18.2 Å². The van der Waals surface area contributed by atoms with Crippen LogP contribution in [0, 0.1) is 86.3 Å². The monoisotopic (exact) mass is 393 g/mol. The van der Waals surface area contributed by atoms with Crippen LogP contribution in [0.2, 0.25) is 0 Å². The molecule has 0 aliphatic carbocycles. The highest BCUT2D eigenvalue weighted by molar-refractivity contribution is 5.43. The minimum atomic E-state index is -2.27. The summed E-state index contributed by atoms with van der Waals surface area (Å²) in [6.45, 7) is 0. The lowest BCUT2D eigenvalue weighted by molar-refractivity contribution is 0.376. The van der Waals surface area contributed by atoms with Crippen molar-refractivity contribution in [3.05, 3.63) is 69.0 Å². The van der Waals surface area contributed by atoms with E-state index in [-0.39, 0.29) is 0 Å². The second-order valence-electron chi connectivity index (χ2n) is 4.29. The fourth-order valence-corrected chi connectivity index (χ4v) is 1.53. The summed E-state index contributed by atoms with van der Waals surface area (Å²) in [5, 5.41) is 24.5. The summed E-state index contributed by atoms with van der Waals surface area (Å²) in [5.41, 5.74) is -4.09. The first-order valence-corrected chi connectivity index (χ1v) is 6.12. The molecule has 138 valence electrons. The smallest absolute Gasteiger partial charge is 0.200 e. The van der Waals surface area contributed by atoms with E-state index in [0.29, 0.717) is 0 Å². The van der Waals surface area contributed by atoms with Crippen molar-refractivity contribution in [2.45, 2.75) is 0 Å². The quantitative estimate of drug-likeness (QED) is 0.382. The lowest BCUT2D eigenvalue weighted by Crippen LogP contribution is -2.04. The van der Waals surface area contributed by atoms with Crippen LogP contribution in [-0.2, 0) is 0 Å². The molecule has 0 aliphatic rings. The maximum atomic E-state index is 12.9. The van der Waals surface area contributed by atoms with Crippen molar-refractivity contribution < 1.29 is 39.5 Å². The second-order valence-corrected chi connectivity index (χ2v) is 4.29. The van der Waals surface area contributed by atoms with Gasteiger partial charge in [-0.25, -0.2) is 39.5 Å². The van der Waals surface area contributed by atoms with Gasteiger partial charge in [0.05, 0.1) is 0 Å². The summed E-state index contributed by atoms with van der Waals surface area (Å²) in [6, 6.07) is 2.87.